The molecular formula is C21H28OS3. The maximum Gasteiger partial charge on any atom is 0.126 e. The van der Waals surface area contributed by atoms with Gasteiger partial charge in [-0.1, -0.05) is 74.4 Å². The Hall–Kier alpha value is -0.710. The highest BCUT2D eigenvalue weighted by molar-refractivity contribution is 7.80. The monoisotopic (exact) mass is 392 g/mol. The molecule has 0 saturated heterocycles. The zero-order valence-electron chi connectivity index (χ0n) is 16.2. The minimum absolute atomic E-state index is 0.0322. The summed E-state index contributed by atoms with van der Waals surface area (Å²) in [4.78, 5) is 1.27. The summed E-state index contributed by atoms with van der Waals surface area (Å²) < 4.78 is 7.20. The van der Waals surface area contributed by atoms with Gasteiger partial charge in [-0.2, -0.15) is 0 Å². The van der Waals surface area contributed by atoms with Crippen LogP contribution in [0.1, 0.15) is 59.6 Å². The van der Waals surface area contributed by atoms with Gasteiger partial charge in [0.05, 0.1) is 6.61 Å². The Morgan fingerprint density at radius 1 is 1.12 bits per heavy atom. The van der Waals surface area contributed by atoms with E-state index in [-0.39, 0.29) is 10.8 Å². The van der Waals surface area contributed by atoms with E-state index >= 15 is 0 Å². The van der Waals surface area contributed by atoms with Crippen LogP contribution in [0.5, 0.6) is 5.75 Å². The molecule has 0 spiro atoms. The first-order valence-electron chi connectivity index (χ1n) is 9.03. The van der Waals surface area contributed by atoms with E-state index in [1.54, 1.807) is 20.7 Å². The topological polar surface area (TPSA) is 9.23 Å². The Balaban J connectivity index is 2.29. The fourth-order valence-corrected chi connectivity index (χ4v) is 6.26. The lowest BCUT2D eigenvalue weighted by Crippen LogP contribution is -2.18. The lowest BCUT2D eigenvalue weighted by molar-refractivity contribution is 0.322. The molecule has 0 radical (unpaired) electrons. The van der Waals surface area contributed by atoms with E-state index in [0.717, 1.165) is 9.57 Å². The van der Waals surface area contributed by atoms with Crippen LogP contribution in [0.4, 0.5) is 0 Å². The van der Waals surface area contributed by atoms with Crippen LogP contribution >= 0.6 is 32.9 Å². The second kappa shape index (κ2) is 6.47. The average molecular weight is 393 g/mol. The molecule has 1 heterocycles. The van der Waals surface area contributed by atoms with Gasteiger partial charge < -0.3 is 4.74 Å². The van der Waals surface area contributed by atoms with Crippen molar-refractivity contribution < 1.29 is 4.74 Å². The minimum atomic E-state index is 0.0322. The fraction of sp³-hybridized carbons (Fsp3) is 0.571. The summed E-state index contributed by atoms with van der Waals surface area (Å²) in [5.74, 6) is 2.46. The molecule has 1 aromatic carbocycles. The van der Waals surface area contributed by atoms with Gasteiger partial charge in [0.2, 0.25) is 0 Å². The lowest BCUT2D eigenvalue weighted by Gasteiger charge is -2.28. The van der Waals surface area contributed by atoms with Crippen molar-refractivity contribution in [2.75, 3.05) is 6.61 Å². The summed E-state index contributed by atoms with van der Waals surface area (Å²) in [5.41, 5.74) is 4.19. The van der Waals surface area contributed by atoms with Gasteiger partial charge in [-0.15, -0.1) is 0 Å². The molecule has 0 aliphatic heterocycles. The zero-order valence-corrected chi connectivity index (χ0v) is 18.7. The average Bonchev–Trinajstić information content (AvgIpc) is 2.89. The van der Waals surface area contributed by atoms with E-state index in [9.17, 15) is 0 Å². The quantitative estimate of drug-likeness (QED) is 0.395. The van der Waals surface area contributed by atoms with Gasteiger partial charge in [0, 0.05) is 21.4 Å². The van der Waals surface area contributed by atoms with Crippen LogP contribution in [0.3, 0.4) is 0 Å². The minimum Gasteiger partial charge on any atom is -0.493 e. The van der Waals surface area contributed by atoms with Gasteiger partial charge in [0.1, 0.15) is 9.57 Å². The third kappa shape index (κ3) is 3.22. The number of hydrogen-bond donors (Lipinski definition) is 0. The molecule has 25 heavy (non-hydrogen) atoms. The first-order valence-corrected chi connectivity index (χ1v) is 11.6. The predicted molar refractivity (Wildman–Crippen MR) is 114 cm³/mol. The smallest absolute Gasteiger partial charge is 0.126 e. The van der Waals surface area contributed by atoms with Gasteiger partial charge >= 0.3 is 0 Å². The van der Waals surface area contributed by atoms with Crippen LogP contribution in [0, 0.1) is 15.7 Å². The van der Waals surface area contributed by atoms with Gasteiger partial charge in [-0.05, 0) is 47.9 Å². The van der Waals surface area contributed by atoms with E-state index in [1.165, 1.54) is 21.6 Å². The molecule has 0 amide bonds. The summed E-state index contributed by atoms with van der Waals surface area (Å²) in [6, 6.07) is 6.83. The lowest BCUT2D eigenvalue weighted by atomic mass is 9.80. The first kappa shape index (κ1) is 19.1. The summed E-state index contributed by atoms with van der Waals surface area (Å²) in [6.45, 7) is 16.7. The summed E-state index contributed by atoms with van der Waals surface area (Å²) in [6.07, 6.45) is 0. The van der Waals surface area contributed by atoms with Crippen LogP contribution in [0.15, 0.2) is 18.2 Å². The predicted octanol–water partition coefficient (Wildman–Crippen LogP) is 7.45. The van der Waals surface area contributed by atoms with Crippen LogP contribution in [0.25, 0.3) is 10.4 Å². The molecule has 1 aromatic heterocycles. The Labute approximate surface area is 164 Å². The van der Waals surface area contributed by atoms with Crippen molar-refractivity contribution in [3.63, 3.8) is 0 Å². The molecule has 136 valence electrons. The Morgan fingerprint density at radius 3 is 2.20 bits per heavy atom. The molecule has 1 fully saturated rings. The summed E-state index contributed by atoms with van der Waals surface area (Å²) in [7, 11) is 3.46. The van der Waals surface area contributed by atoms with E-state index in [2.05, 4.69) is 66.7 Å². The molecule has 1 aliphatic carbocycles. The second-order valence-corrected chi connectivity index (χ2v) is 11.3. The van der Waals surface area contributed by atoms with E-state index in [4.69, 9.17) is 17.0 Å². The molecule has 2 aromatic rings. The highest BCUT2D eigenvalue weighted by atomic mass is 32.9. The van der Waals surface area contributed by atoms with Crippen molar-refractivity contribution in [3.05, 3.63) is 33.1 Å². The molecule has 0 N–H and O–H groups in total. The molecule has 4 heteroatoms. The zero-order chi connectivity index (χ0) is 18.6. The third-order valence-corrected chi connectivity index (χ3v) is 8.96. The number of hydrogen-bond acceptors (Lipinski definition) is 4. The van der Waals surface area contributed by atoms with E-state index < -0.39 is 0 Å². The standard InChI is InChI=1S/C21H28OS3/c1-8-22-19-15(20(4,5)6)9-14(17-11-18(23)25-24-17)10-16(19)21(7)12(2)13(21)3/h9-13H,8H2,1-7H3. The van der Waals surface area contributed by atoms with E-state index in [1.807, 2.05) is 0 Å². The number of ether oxygens (including phenoxy) is 1. The van der Waals surface area contributed by atoms with Gasteiger partial charge in [-0.3, -0.25) is 0 Å². The fourth-order valence-electron chi connectivity index (χ4n) is 3.88. The van der Waals surface area contributed by atoms with Crippen molar-refractivity contribution in [2.45, 2.75) is 59.3 Å². The van der Waals surface area contributed by atoms with Crippen molar-refractivity contribution in [1.82, 2.24) is 0 Å². The second-order valence-electron chi connectivity index (χ2n) is 8.44. The van der Waals surface area contributed by atoms with Crippen molar-refractivity contribution in [1.29, 1.82) is 0 Å². The molecule has 2 unspecified atom stereocenters. The Morgan fingerprint density at radius 2 is 1.76 bits per heavy atom. The van der Waals surface area contributed by atoms with Crippen LogP contribution in [-0.4, -0.2) is 6.61 Å². The highest BCUT2D eigenvalue weighted by Gasteiger charge is 2.57. The highest BCUT2D eigenvalue weighted by Crippen LogP contribution is 2.62. The molecule has 1 nitrogen and oxygen atoms in total. The van der Waals surface area contributed by atoms with E-state index in [0.29, 0.717) is 18.4 Å². The maximum absolute atomic E-state index is 6.24. The van der Waals surface area contributed by atoms with Gasteiger partial charge in [0.25, 0.3) is 0 Å². The van der Waals surface area contributed by atoms with Gasteiger partial charge in [0.15, 0.2) is 0 Å². The maximum atomic E-state index is 6.24. The summed E-state index contributed by atoms with van der Waals surface area (Å²) >= 11 is 5.37. The molecule has 1 saturated carbocycles. The van der Waals surface area contributed by atoms with Crippen molar-refractivity contribution >= 4 is 32.9 Å². The molecule has 1 aliphatic rings. The van der Waals surface area contributed by atoms with Crippen molar-refractivity contribution in [2.24, 2.45) is 11.8 Å². The van der Waals surface area contributed by atoms with Gasteiger partial charge in [-0.25, -0.2) is 0 Å². The Kier molecular flexibility index (Phi) is 4.93. The number of benzene rings is 1. The van der Waals surface area contributed by atoms with Crippen LogP contribution in [0.2, 0.25) is 0 Å². The van der Waals surface area contributed by atoms with Crippen LogP contribution in [-0.2, 0) is 10.8 Å². The van der Waals surface area contributed by atoms with Crippen LogP contribution < -0.4 is 4.74 Å². The largest absolute Gasteiger partial charge is 0.493 e. The molecule has 3 rings (SSSR count). The molecular weight excluding hydrogens is 364 g/mol. The normalized spacial score (nSPS) is 25.9. The SMILES string of the molecule is CCOc1c(C(C)(C)C)cc(-c2cc(=S)ss2)cc1C1(C)C(C)C1C. The Bertz CT molecular complexity index is 830. The summed E-state index contributed by atoms with van der Waals surface area (Å²) in [5, 5.41) is 0. The number of rotatable bonds is 4. The third-order valence-electron chi connectivity index (χ3n) is 6.05. The first-order chi connectivity index (χ1) is 11.6. The van der Waals surface area contributed by atoms with Crippen molar-refractivity contribution in [3.8, 4) is 16.2 Å². The molecule has 2 atom stereocenters. The molecule has 0 bridgehead atoms.